The Balaban J connectivity index is 2.20. The number of ether oxygens (including phenoxy) is 1. The minimum Gasteiger partial charge on any atom is -0.383 e. The third kappa shape index (κ3) is 2.64. The van der Waals surface area contributed by atoms with E-state index in [4.69, 9.17) is 16.3 Å². The van der Waals surface area contributed by atoms with Gasteiger partial charge in [0.05, 0.1) is 11.1 Å². The van der Waals surface area contributed by atoms with Crippen molar-refractivity contribution in [3.8, 4) is 0 Å². The van der Waals surface area contributed by atoms with Gasteiger partial charge in [0.15, 0.2) is 0 Å². The van der Waals surface area contributed by atoms with E-state index in [9.17, 15) is 0 Å². The van der Waals surface area contributed by atoms with Crippen molar-refractivity contribution in [1.29, 1.82) is 0 Å². The Morgan fingerprint density at radius 2 is 2.31 bits per heavy atom. The molecule has 0 N–H and O–H groups in total. The van der Waals surface area contributed by atoms with Crippen molar-refractivity contribution in [3.05, 3.63) is 16.0 Å². The maximum absolute atomic E-state index is 5.96. The Morgan fingerprint density at radius 1 is 1.56 bits per heavy atom. The van der Waals surface area contributed by atoms with E-state index in [1.807, 2.05) is 0 Å². The molecule has 6 heteroatoms. The summed E-state index contributed by atoms with van der Waals surface area (Å²) < 4.78 is 5.87. The maximum atomic E-state index is 5.96. The van der Waals surface area contributed by atoms with Gasteiger partial charge in [-0.05, 0) is 28.8 Å². The molecule has 4 nitrogen and oxygen atoms in total. The van der Waals surface area contributed by atoms with Crippen molar-refractivity contribution in [2.75, 3.05) is 25.2 Å². The second-order valence-corrected chi connectivity index (χ2v) is 4.87. The molecule has 1 fully saturated rings. The summed E-state index contributed by atoms with van der Waals surface area (Å²) in [6, 6.07) is 0.567. The number of hydrogen-bond donors (Lipinski definition) is 0. The van der Waals surface area contributed by atoms with Gasteiger partial charge in [-0.2, -0.15) is 0 Å². The molecule has 1 aromatic heterocycles. The molecule has 16 heavy (non-hydrogen) atoms. The van der Waals surface area contributed by atoms with E-state index in [2.05, 4.69) is 30.8 Å². The molecule has 88 valence electrons. The summed E-state index contributed by atoms with van der Waals surface area (Å²) in [5.74, 6) is 0.861. The van der Waals surface area contributed by atoms with Gasteiger partial charge in [-0.15, -0.1) is 0 Å². The van der Waals surface area contributed by atoms with Crippen molar-refractivity contribution < 1.29 is 4.74 Å². The van der Waals surface area contributed by atoms with E-state index in [1.165, 1.54) is 19.2 Å². The highest BCUT2D eigenvalue weighted by molar-refractivity contribution is 9.10. The zero-order valence-electron chi connectivity index (χ0n) is 8.99. The monoisotopic (exact) mass is 305 g/mol. The minimum absolute atomic E-state index is 0.452. The first-order valence-corrected chi connectivity index (χ1v) is 6.32. The van der Waals surface area contributed by atoms with Crippen molar-refractivity contribution in [2.24, 2.45) is 0 Å². The lowest BCUT2D eigenvalue weighted by atomic mass is 10.4. The number of halogens is 2. The molecule has 0 bridgehead atoms. The number of nitrogens with zero attached hydrogens (tertiary/aromatic N) is 3. The summed E-state index contributed by atoms with van der Waals surface area (Å²) in [7, 11) is 1.70. The lowest BCUT2D eigenvalue weighted by Crippen LogP contribution is -2.30. The van der Waals surface area contributed by atoms with Crippen LogP contribution in [-0.2, 0) is 4.74 Å². The van der Waals surface area contributed by atoms with Crippen LogP contribution in [0.4, 0.5) is 5.82 Å². The standard InChI is InChI=1S/C10H13BrClN3O/c1-16-5-4-15(7-2-3-7)10-8(11)9(12)13-6-14-10/h6-7H,2-5H2,1H3. The summed E-state index contributed by atoms with van der Waals surface area (Å²) in [5.41, 5.74) is 0. The third-order valence-electron chi connectivity index (χ3n) is 2.52. The average Bonchev–Trinajstić information content (AvgIpc) is 3.08. The highest BCUT2D eigenvalue weighted by Gasteiger charge is 2.31. The molecular formula is C10H13BrClN3O. The molecule has 0 atom stereocenters. The smallest absolute Gasteiger partial charge is 0.148 e. The van der Waals surface area contributed by atoms with Crippen LogP contribution in [0.3, 0.4) is 0 Å². The van der Waals surface area contributed by atoms with Gasteiger partial charge in [0, 0.05) is 19.7 Å². The molecule has 0 amide bonds. The second kappa shape index (κ2) is 5.29. The van der Waals surface area contributed by atoms with E-state index in [1.54, 1.807) is 7.11 Å². The summed E-state index contributed by atoms with van der Waals surface area (Å²) in [4.78, 5) is 10.4. The number of anilines is 1. The zero-order valence-corrected chi connectivity index (χ0v) is 11.3. The first-order chi connectivity index (χ1) is 7.74. The van der Waals surface area contributed by atoms with E-state index in [-0.39, 0.29) is 0 Å². The molecule has 1 aliphatic carbocycles. The van der Waals surface area contributed by atoms with Crippen molar-refractivity contribution >= 4 is 33.3 Å². The summed E-state index contributed by atoms with van der Waals surface area (Å²) in [6.45, 7) is 1.51. The van der Waals surface area contributed by atoms with Gasteiger partial charge in [0.25, 0.3) is 0 Å². The first-order valence-electron chi connectivity index (χ1n) is 5.15. The fourth-order valence-corrected chi connectivity index (χ4v) is 2.14. The molecule has 0 aliphatic heterocycles. The van der Waals surface area contributed by atoms with Gasteiger partial charge >= 0.3 is 0 Å². The van der Waals surface area contributed by atoms with Crippen molar-refractivity contribution in [3.63, 3.8) is 0 Å². The Labute approximate surface area is 108 Å². The Morgan fingerprint density at radius 3 is 2.94 bits per heavy atom. The van der Waals surface area contributed by atoms with E-state index < -0.39 is 0 Å². The number of aromatic nitrogens is 2. The van der Waals surface area contributed by atoms with Gasteiger partial charge < -0.3 is 9.64 Å². The van der Waals surface area contributed by atoms with Gasteiger partial charge in [-0.1, -0.05) is 11.6 Å². The largest absolute Gasteiger partial charge is 0.383 e. The van der Waals surface area contributed by atoms with Crippen LogP contribution < -0.4 is 4.90 Å². The normalized spacial score (nSPS) is 15.2. The zero-order chi connectivity index (χ0) is 11.5. The summed E-state index contributed by atoms with van der Waals surface area (Å²) in [5, 5.41) is 0.452. The van der Waals surface area contributed by atoms with E-state index in [0.29, 0.717) is 17.8 Å². The van der Waals surface area contributed by atoms with Crippen LogP contribution in [0.15, 0.2) is 10.8 Å². The van der Waals surface area contributed by atoms with Crippen LogP contribution >= 0.6 is 27.5 Å². The van der Waals surface area contributed by atoms with Gasteiger partial charge in [-0.25, -0.2) is 9.97 Å². The quantitative estimate of drug-likeness (QED) is 0.784. The number of methoxy groups -OCH3 is 1. The third-order valence-corrected chi connectivity index (χ3v) is 3.77. The van der Waals surface area contributed by atoms with E-state index in [0.717, 1.165) is 16.8 Å². The maximum Gasteiger partial charge on any atom is 0.148 e. The van der Waals surface area contributed by atoms with Gasteiger partial charge in [0.1, 0.15) is 17.3 Å². The number of hydrogen-bond acceptors (Lipinski definition) is 4. The molecule has 0 saturated heterocycles. The molecule has 0 spiro atoms. The topological polar surface area (TPSA) is 38.2 Å². The molecule has 1 aromatic rings. The van der Waals surface area contributed by atoms with Crippen LogP contribution in [0, 0.1) is 0 Å². The van der Waals surface area contributed by atoms with Crippen LogP contribution in [0.2, 0.25) is 5.15 Å². The molecule has 0 aromatic carbocycles. The predicted molar refractivity (Wildman–Crippen MR) is 67.0 cm³/mol. The molecular weight excluding hydrogens is 293 g/mol. The van der Waals surface area contributed by atoms with Crippen LogP contribution in [-0.4, -0.2) is 36.3 Å². The molecule has 1 aliphatic rings. The predicted octanol–water partition coefficient (Wildman–Crippen LogP) is 2.51. The molecule has 1 saturated carbocycles. The summed E-state index contributed by atoms with van der Waals surface area (Å²) >= 11 is 9.39. The first kappa shape index (κ1) is 12.1. The lowest BCUT2D eigenvalue weighted by Gasteiger charge is -2.24. The number of rotatable bonds is 5. The van der Waals surface area contributed by atoms with Gasteiger partial charge in [0.2, 0.25) is 0 Å². The minimum atomic E-state index is 0.452. The van der Waals surface area contributed by atoms with Crippen LogP contribution in [0.1, 0.15) is 12.8 Å². The Bertz CT molecular complexity index is 373. The molecule has 1 heterocycles. The highest BCUT2D eigenvalue weighted by Crippen LogP contribution is 2.36. The summed E-state index contributed by atoms with van der Waals surface area (Å²) in [6.07, 6.45) is 3.90. The fraction of sp³-hybridized carbons (Fsp3) is 0.600. The SMILES string of the molecule is COCCN(c1ncnc(Cl)c1Br)C1CC1. The van der Waals surface area contributed by atoms with E-state index >= 15 is 0 Å². The van der Waals surface area contributed by atoms with Crippen molar-refractivity contribution in [2.45, 2.75) is 18.9 Å². The molecule has 2 rings (SSSR count). The second-order valence-electron chi connectivity index (χ2n) is 3.72. The molecule has 0 unspecified atom stereocenters. The molecule has 0 radical (unpaired) electrons. The lowest BCUT2D eigenvalue weighted by molar-refractivity contribution is 0.204. The van der Waals surface area contributed by atoms with Gasteiger partial charge in [-0.3, -0.25) is 0 Å². The Hall–Kier alpha value is -0.390. The van der Waals surface area contributed by atoms with Crippen LogP contribution in [0.5, 0.6) is 0 Å². The van der Waals surface area contributed by atoms with Crippen molar-refractivity contribution in [1.82, 2.24) is 9.97 Å². The fourth-order valence-electron chi connectivity index (χ4n) is 1.58. The highest BCUT2D eigenvalue weighted by atomic mass is 79.9. The average molecular weight is 307 g/mol. The Kier molecular flexibility index (Phi) is 4.00. The van der Waals surface area contributed by atoms with Crippen LogP contribution in [0.25, 0.3) is 0 Å².